The summed E-state index contributed by atoms with van der Waals surface area (Å²) in [6.07, 6.45) is 5.10. The molecule has 3 aliphatic heterocycles. The average molecular weight is 893 g/mol. The summed E-state index contributed by atoms with van der Waals surface area (Å²) in [7, 11) is 4.75. The first kappa shape index (κ1) is 47.1. The number of aryl methyl sites for hydroxylation is 1. The number of esters is 1. The van der Waals surface area contributed by atoms with E-state index in [1.54, 1.807) is 32.5 Å². The Kier molecular flexibility index (Phi) is 14.0. The van der Waals surface area contributed by atoms with Crippen LogP contribution >= 0.6 is 0 Å². The number of ether oxygens (including phenoxy) is 2. The van der Waals surface area contributed by atoms with Crippen molar-refractivity contribution in [2.75, 3.05) is 40.9 Å². The fourth-order valence-electron chi connectivity index (χ4n) is 9.41. The molecule has 4 N–H and O–H groups in total. The van der Waals surface area contributed by atoms with Crippen LogP contribution in [0.25, 0.3) is 33.3 Å². The van der Waals surface area contributed by atoms with Crippen LogP contribution in [0.15, 0.2) is 54.9 Å². The Hall–Kier alpha value is -5.84. The first-order valence-electron chi connectivity index (χ1n) is 22.6. The highest BCUT2D eigenvalue weighted by molar-refractivity contribution is 5.96. The van der Waals surface area contributed by atoms with E-state index in [4.69, 9.17) is 9.47 Å². The van der Waals surface area contributed by atoms with Gasteiger partial charge in [0.15, 0.2) is 0 Å². The maximum absolute atomic E-state index is 14.7. The smallest absolute Gasteiger partial charge is 0.324 e. The molecule has 2 fully saturated rings. The molecule has 7 rings (SSSR count). The maximum Gasteiger partial charge on any atom is 0.324 e. The summed E-state index contributed by atoms with van der Waals surface area (Å²) in [5.41, 5.74) is 9.68. The molecule has 2 aromatic carbocycles. The highest BCUT2D eigenvalue weighted by Gasteiger charge is 2.42. The summed E-state index contributed by atoms with van der Waals surface area (Å²) in [5.74, 6) is -2.57. The molecule has 3 aliphatic rings. The van der Waals surface area contributed by atoms with E-state index in [1.165, 1.54) is 21.9 Å². The van der Waals surface area contributed by atoms with E-state index in [1.807, 2.05) is 45.2 Å². The van der Waals surface area contributed by atoms with Crippen molar-refractivity contribution in [3.05, 3.63) is 71.5 Å². The van der Waals surface area contributed by atoms with Gasteiger partial charge < -0.3 is 34.3 Å². The molecule has 348 valence electrons. The number of likely N-dealkylation sites (N-methyl/N-ethyl adjacent to an activating group) is 2. The number of aromatic nitrogens is 2. The first-order chi connectivity index (χ1) is 30.9. The lowest BCUT2D eigenvalue weighted by Crippen LogP contribution is -2.62. The molecule has 5 atom stereocenters. The minimum Gasteiger partial charge on any atom is -0.508 e. The van der Waals surface area contributed by atoms with Gasteiger partial charge in [0.05, 0.1) is 25.5 Å². The van der Waals surface area contributed by atoms with Gasteiger partial charge in [-0.3, -0.25) is 39.3 Å². The topological polar surface area (TPSA) is 198 Å². The quantitative estimate of drug-likeness (QED) is 0.125. The van der Waals surface area contributed by atoms with Gasteiger partial charge in [0.2, 0.25) is 17.7 Å². The number of cyclic esters (lactones) is 1. The molecule has 4 aromatic rings. The predicted octanol–water partition coefficient (Wildman–Crippen LogP) is 4.19. The van der Waals surface area contributed by atoms with Crippen molar-refractivity contribution in [2.45, 2.75) is 111 Å². The number of amides is 4. The highest BCUT2D eigenvalue weighted by atomic mass is 16.5. The second-order valence-electron chi connectivity index (χ2n) is 19.0. The van der Waals surface area contributed by atoms with E-state index >= 15 is 0 Å². The van der Waals surface area contributed by atoms with Crippen LogP contribution in [0.2, 0.25) is 0 Å². The van der Waals surface area contributed by atoms with E-state index in [2.05, 4.69) is 58.5 Å². The van der Waals surface area contributed by atoms with Crippen LogP contribution < -0.4 is 16.1 Å². The largest absolute Gasteiger partial charge is 0.508 e. The fraction of sp³-hybridized carbons (Fsp3) is 0.510. The van der Waals surface area contributed by atoms with Gasteiger partial charge in [-0.15, -0.1) is 0 Å². The zero-order chi connectivity index (χ0) is 46.9. The van der Waals surface area contributed by atoms with Crippen LogP contribution in [0.1, 0.15) is 71.1 Å². The van der Waals surface area contributed by atoms with Crippen molar-refractivity contribution in [3.8, 4) is 28.1 Å². The van der Waals surface area contributed by atoms with E-state index < -0.39 is 47.2 Å². The molecule has 0 saturated carbocycles. The molecule has 0 spiro atoms. The van der Waals surface area contributed by atoms with Crippen molar-refractivity contribution in [2.24, 2.45) is 11.3 Å². The van der Waals surface area contributed by atoms with E-state index in [9.17, 15) is 29.1 Å². The zero-order valence-corrected chi connectivity index (χ0v) is 39.1. The average Bonchev–Trinajstić information content (AvgIpc) is 3.93. The predicted molar refractivity (Wildman–Crippen MR) is 246 cm³/mol. The van der Waals surface area contributed by atoms with Gasteiger partial charge in [-0.25, -0.2) is 5.43 Å². The van der Waals surface area contributed by atoms with Crippen LogP contribution in [-0.4, -0.2) is 130 Å². The van der Waals surface area contributed by atoms with Crippen LogP contribution in [0.4, 0.5) is 0 Å². The third kappa shape index (κ3) is 10.2. The molecule has 5 heterocycles. The number of rotatable bonds is 11. The van der Waals surface area contributed by atoms with Crippen molar-refractivity contribution in [3.63, 3.8) is 0 Å². The molecule has 2 saturated heterocycles. The number of carbonyl (C=O) groups is 5. The molecule has 16 heteroatoms. The summed E-state index contributed by atoms with van der Waals surface area (Å²) in [5, 5.41) is 19.7. The molecule has 16 nitrogen and oxygen atoms in total. The minimum atomic E-state index is -1.18. The molecular weight excluding hydrogens is 829 g/mol. The molecule has 6 bridgehead atoms. The number of methoxy groups -OCH3 is 1. The monoisotopic (exact) mass is 892 g/mol. The lowest BCUT2D eigenvalue weighted by atomic mass is 9.84. The van der Waals surface area contributed by atoms with Crippen molar-refractivity contribution in [1.29, 1.82) is 0 Å². The molecule has 65 heavy (non-hydrogen) atoms. The Labute approximate surface area is 381 Å². The Bertz CT molecular complexity index is 2470. The first-order valence-corrected chi connectivity index (χ1v) is 22.6. The maximum atomic E-state index is 14.7. The van der Waals surface area contributed by atoms with E-state index in [0.29, 0.717) is 43.5 Å². The SMILES string of the molecule is CCn1c(-c2cnccc2COC)c2c3cc(ccc31)-c1cc(O)cc(c1)C[C@H](NC(=O)[C@H](C(C)C)N(C)C(=O)CN(C)C(=O)[C@@H]1N[C@H]1C)C(=O)N1CCC[C@H](N1)C(=O)OCC(C)(C)C2. The second-order valence-corrected chi connectivity index (χ2v) is 19.0. The zero-order valence-electron chi connectivity index (χ0n) is 39.1. The van der Waals surface area contributed by atoms with Crippen LogP contribution in [0.5, 0.6) is 5.75 Å². The fourth-order valence-corrected chi connectivity index (χ4v) is 9.41. The number of benzene rings is 2. The molecule has 0 unspecified atom stereocenters. The number of carbonyl (C=O) groups excluding carboxylic acids is 5. The van der Waals surface area contributed by atoms with Crippen molar-refractivity contribution in [1.82, 2.24) is 40.4 Å². The Morgan fingerprint density at radius 3 is 2.54 bits per heavy atom. The lowest BCUT2D eigenvalue weighted by Gasteiger charge is -2.37. The number of nitrogens with one attached hydrogen (secondary N) is 3. The molecular formula is C49H64N8O8. The minimum absolute atomic E-state index is 0.0176. The number of hydrogen-bond donors (Lipinski definition) is 4. The van der Waals surface area contributed by atoms with E-state index in [-0.39, 0.29) is 55.8 Å². The number of aromatic hydroxyl groups is 1. The van der Waals surface area contributed by atoms with Gasteiger partial charge in [0.25, 0.3) is 5.91 Å². The lowest BCUT2D eigenvalue weighted by molar-refractivity contribution is -0.155. The third-order valence-electron chi connectivity index (χ3n) is 12.9. The van der Waals surface area contributed by atoms with Gasteiger partial charge in [0, 0.05) is 81.0 Å². The summed E-state index contributed by atoms with van der Waals surface area (Å²) in [6.45, 7) is 13.0. The normalized spacial score (nSPS) is 21.4. The molecule has 0 radical (unpaired) electrons. The summed E-state index contributed by atoms with van der Waals surface area (Å²) >= 11 is 0. The summed E-state index contributed by atoms with van der Waals surface area (Å²) < 4.78 is 14.0. The van der Waals surface area contributed by atoms with Gasteiger partial charge in [-0.05, 0) is 97.2 Å². The number of phenols is 1. The van der Waals surface area contributed by atoms with Gasteiger partial charge >= 0.3 is 5.97 Å². The second kappa shape index (κ2) is 19.3. The number of pyridine rings is 1. The number of phenolic OH excluding ortho intramolecular Hbond substituents is 1. The Morgan fingerprint density at radius 1 is 1.09 bits per heavy atom. The molecule has 2 aromatic heterocycles. The van der Waals surface area contributed by atoms with Crippen molar-refractivity contribution < 1.29 is 38.6 Å². The van der Waals surface area contributed by atoms with Crippen molar-refractivity contribution >= 4 is 40.5 Å². The van der Waals surface area contributed by atoms with Crippen LogP contribution in [0.3, 0.4) is 0 Å². The number of hydrogen-bond acceptors (Lipinski definition) is 11. The Morgan fingerprint density at radius 2 is 1.85 bits per heavy atom. The number of nitrogens with zero attached hydrogens (tertiary/aromatic N) is 5. The summed E-state index contributed by atoms with van der Waals surface area (Å²) in [4.78, 5) is 76.6. The highest BCUT2D eigenvalue weighted by Crippen LogP contribution is 2.41. The van der Waals surface area contributed by atoms with Gasteiger partial charge in [-0.1, -0.05) is 39.8 Å². The standard InChI is InChI=1S/C49H64N8O8/c1-10-56-40-14-13-31-22-35(40)36(44(56)37-24-50-16-15-32(37)26-64-9)23-49(5,6)27-65-48(63)38-12-11-17-57(53-38)46(61)39(20-30-18-33(31)21-34(58)19-30)52-45(60)43(28(2)3)55(8)41(59)25-54(7)47(62)42-29(4)51-42/h13-16,18-19,21-22,24,28-29,38-39,42-43,51,53,58H,10-12,17,20,23,25-27H2,1-9H3,(H,52,60)/t29-,38-,39-,42+,43-/m0/s1. The summed E-state index contributed by atoms with van der Waals surface area (Å²) in [6, 6.07) is 10.1. The third-order valence-corrected chi connectivity index (χ3v) is 12.9. The molecule has 4 amide bonds. The van der Waals surface area contributed by atoms with E-state index in [0.717, 1.165) is 38.9 Å². The number of hydrazine groups is 1. The van der Waals surface area contributed by atoms with Crippen LogP contribution in [0, 0.1) is 11.3 Å². The molecule has 0 aliphatic carbocycles. The Balaban J connectivity index is 1.29. The van der Waals surface area contributed by atoms with Gasteiger partial charge in [0.1, 0.15) is 29.9 Å². The number of fused-ring (bicyclic) bond motifs is 6. The van der Waals surface area contributed by atoms with Crippen LogP contribution in [-0.2, 0) is 59.4 Å². The van der Waals surface area contributed by atoms with Gasteiger partial charge in [-0.2, -0.15) is 0 Å².